The second-order valence-electron chi connectivity index (χ2n) is 2.52. The fourth-order valence-corrected chi connectivity index (χ4v) is 1.10. The molecule has 1 aromatic rings. The molecule has 66 valence electrons. The number of carbonyl (C=O) groups is 1. The van der Waals surface area contributed by atoms with Gasteiger partial charge in [0.25, 0.3) is 0 Å². The average Bonchev–Trinajstić information content (AvgIpc) is 2.47. The number of hydrogen-bond acceptors (Lipinski definition) is 3. The Hall–Kier alpha value is -1.16. The fourth-order valence-electron chi connectivity index (χ4n) is 1.10. The van der Waals surface area contributed by atoms with Crippen LogP contribution in [0.15, 0.2) is 12.4 Å². The standard InChI is InChI=1S/C8H13N3O/c1-3-9-8(6-12)11-5-4-10-7(11)2/h4-6,8-9H,3H2,1-2H3. The number of nitrogens with zero attached hydrogens (tertiary/aromatic N) is 2. The predicted molar refractivity (Wildman–Crippen MR) is 45.7 cm³/mol. The lowest BCUT2D eigenvalue weighted by Crippen LogP contribution is -2.27. The smallest absolute Gasteiger partial charge is 0.157 e. The van der Waals surface area contributed by atoms with Gasteiger partial charge in [-0.05, 0) is 13.5 Å². The van der Waals surface area contributed by atoms with Gasteiger partial charge in [-0.2, -0.15) is 0 Å². The molecule has 0 aliphatic carbocycles. The van der Waals surface area contributed by atoms with Crippen molar-refractivity contribution in [2.24, 2.45) is 0 Å². The summed E-state index contributed by atoms with van der Waals surface area (Å²) in [5.41, 5.74) is 0. The van der Waals surface area contributed by atoms with Gasteiger partial charge in [0.15, 0.2) is 6.29 Å². The van der Waals surface area contributed by atoms with Crippen LogP contribution in [0, 0.1) is 6.92 Å². The van der Waals surface area contributed by atoms with E-state index in [1.807, 2.05) is 13.8 Å². The van der Waals surface area contributed by atoms with Crippen molar-refractivity contribution in [3.05, 3.63) is 18.2 Å². The molecule has 1 N–H and O–H groups in total. The average molecular weight is 167 g/mol. The summed E-state index contributed by atoms with van der Waals surface area (Å²) in [4.78, 5) is 14.7. The van der Waals surface area contributed by atoms with Crippen LogP contribution in [0.4, 0.5) is 0 Å². The molecule has 0 spiro atoms. The first-order valence-electron chi connectivity index (χ1n) is 3.97. The van der Waals surface area contributed by atoms with Crippen molar-refractivity contribution in [1.82, 2.24) is 14.9 Å². The Morgan fingerprint density at radius 2 is 2.58 bits per heavy atom. The second-order valence-corrected chi connectivity index (χ2v) is 2.52. The van der Waals surface area contributed by atoms with Gasteiger partial charge in [-0.3, -0.25) is 10.1 Å². The molecule has 0 aliphatic heterocycles. The number of hydrogen-bond donors (Lipinski definition) is 1. The first-order valence-corrected chi connectivity index (χ1v) is 3.97. The van der Waals surface area contributed by atoms with Gasteiger partial charge >= 0.3 is 0 Å². The van der Waals surface area contributed by atoms with E-state index in [4.69, 9.17) is 0 Å². The van der Waals surface area contributed by atoms with Gasteiger partial charge in [0, 0.05) is 12.4 Å². The molecule has 1 unspecified atom stereocenters. The van der Waals surface area contributed by atoms with Crippen molar-refractivity contribution in [3.8, 4) is 0 Å². The number of aldehydes is 1. The summed E-state index contributed by atoms with van der Waals surface area (Å²) in [6.07, 6.45) is 4.07. The Balaban J connectivity index is 2.79. The monoisotopic (exact) mass is 167 g/mol. The van der Waals surface area contributed by atoms with Gasteiger partial charge in [-0.1, -0.05) is 6.92 Å². The van der Waals surface area contributed by atoms with Gasteiger partial charge in [-0.25, -0.2) is 4.98 Å². The van der Waals surface area contributed by atoms with Crippen LogP contribution in [-0.2, 0) is 4.79 Å². The maximum Gasteiger partial charge on any atom is 0.157 e. The second kappa shape index (κ2) is 4.01. The third-order valence-electron chi connectivity index (χ3n) is 1.70. The van der Waals surface area contributed by atoms with Crippen LogP contribution in [0.5, 0.6) is 0 Å². The van der Waals surface area contributed by atoms with E-state index in [0.717, 1.165) is 18.7 Å². The van der Waals surface area contributed by atoms with Gasteiger partial charge in [0.2, 0.25) is 0 Å². The predicted octanol–water partition coefficient (Wildman–Crippen LogP) is 0.499. The molecule has 1 heterocycles. The topological polar surface area (TPSA) is 46.9 Å². The minimum atomic E-state index is -0.280. The number of imidazole rings is 1. The minimum absolute atomic E-state index is 0.280. The van der Waals surface area contributed by atoms with Crippen LogP contribution in [0.3, 0.4) is 0 Å². The maximum absolute atomic E-state index is 10.6. The number of likely N-dealkylation sites (N-methyl/N-ethyl adjacent to an activating group) is 1. The van der Waals surface area contributed by atoms with E-state index in [2.05, 4.69) is 10.3 Å². The highest BCUT2D eigenvalue weighted by atomic mass is 16.1. The van der Waals surface area contributed by atoms with Crippen LogP contribution >= 0.6 is 0 Å². The number of carbonyl (C=O) groups excluding carboxylic acids is 1. The zero-order chi connectivity index (χ0) is 8.97. The molecule has 0 aromatic carbocycles. The van der Waals surface area contributed by atoms with E-state index in [1.54, 1.807) is 17.0 Å². The highest BCUT2D eigenvalue weighted by Crippen LogP contribution is 2.02. The van der Waals surface area contributed by atoms with E-state index in [9.17, 15) is 4.79 Å². The van der Waals surface area contributed by atoms with Crippen molar-refractivity contribution in [3.63, 3.8) is 0 Å². The van der Waals surface area contributed by atoms with Crippen molar-refractivity contribution < 1.29 is 4.79 Å². The highest BCUT2D eigenvalue weighted by molar-refractivity contribution is 5.55. The van der Waals surface area contributed by atoms with Crippen LogP contribution in [0.1, 0.15) is 18.9 Å². The Labute approximate surface area is 71.6 Å². The molecule has 0 bridgehead atoms. The normalized spacial score (nSPS) is 12.8. The van der Waals surface area contributed by atoms with E-state index in [-0.39, 0.29) is 6.17 Å². The number of aromatic nitrogens is 2. The Bertz CT molecular complexity index is 257. The lowest BCUT2D eigenvalue weighted by molar-refractivity contribution is -0.111. The van der Waals surface area contributed by atoms with E-state index < -0.39 is 0 Å². The molecule has 0 saturated carbocycles. The summed E-state index contributed by atoms with van der Waals surface area (Å²) in [7, 11) is 0. The summed E-state index contributed by atoms with van der Waals surface area (Å²) in [5.74, 6) is 0.841. The van der Waals surface area contributed by atoms with E-state index in [1.165, 1.54) is 0 Å². The molecule has 12 heavy (non-hydrogen) atoms. The summed E-state index contributed by atoms with van der Waals surface area (Å²) in [5, 5.41) is 3.03. The van der Waals surface area contributed by atoms with Crippen molar-refractivity contribution in [2.75, 3.05) is 6.54 Å². The molecule has 0 aliphatic rings. The van der Waals surface area contributed by atoms with Gasteiger partial charge in [-0.15, -0.1) is 0 Å². The summed E-state index contributed by atoms with van der Waals surface area (Å²) in [6, 6.07) is 0. The third-order valence-corrected chi connectivity index (χ3v) is 1.70. The van der Waals surface area contributed by atoms with Crippen LogP contribution < -0.4 is 5.32 Å². The van der Waals surface area contributed by atoms with E-state index in [0.29, 0.717) is 0 Å². The lowest BCUT2D eigenvalue weighted by atomic mass is 10.5. The quantitative estimate of drug-likeness (QED) is 0.664. The van der Waals surface area contributed by atoms with Crippen molar-refractivity contribution in [1.29, 1.82) is 0 Å². The van der Waals surface area contributed by atoms with Crippen molar-refractivity contribution in [2.45, 2.75) is 20.0 Å². The summed E-state index contributed by atoms with van der Waals surface area (Å²) >= 11 is 0. The maximum atomic E-state index is 10.6. The molecule has 1 aromatic heterocycles. The molecular formula is C8H13N3O. The molecule has 1 rings (SSSR count). The molecular weight excluding hydrogens is 154 g/mol. The molecule has 0 saturated heterocycles. The first kappa shape index (κ1) is 8.93. The van der Waals surface area contributed by atoms with Crippen LogP contribution in [0.25, 0.3) is 0 Å². The van der Waals surface area contributed by atoms with Gasteiger partial charge in [0.05, 0.1) is 0 Å². The number of rotatable bonds is 4. The fraction of sp³-hybridized carbons (Fsp3) is 0.500. The SMILES string of the molecule is CCNC(C=O)n1ccnc1C. The van der Waals surface area contributed by atoms with Crippen LogP contribution in [0.2, 0.25) is 0 Å². The number of nitrogens with one attached hydrogen (secondary N) is 1. The minimum Gasteiger partial charge on any atom is -0.312 e. The number of aryl methyl sites for hydroxylation is 1. The van der Waals surface area contributed by atoms with Crippen molar-refractivity contribution >= 4 is 6.29 Å². The summed E-state index contributed by atoms with van der Waals surface area (Å²) in [6.45, 7) is 4.59. The Morgan fingerprint density at radius 1 is 1.83 bits per heavy atom. The Kier molecular flexibility index (Phi) is 2.99. The third kappa shape index (κ3) is 1.71. The van der Waals surface area contributed by atoms with Gasteiger partial charge in [0.1, 0.15) is 12.0 Å². The zero-order valence-electron chi connectivity index (χ0n) is 7.32. The zero-order valence-corrected chi connectivity index (χ0v) is 7.32. The summed E-state index contributed by atoms with van der Waals surface area (Å²) < 4.78 is 1.80. The molecule has 4 heteroatoms. The van der Waals surface area contributed by atoms with Crippen LogP contribution in [-0.4, -0.2) is 22.4 Å². The lowest BCUT2D eigenvalue weighted by Gasteiger charge is -2.13. The molecule has 0 radical (unpaired) electrons. The highest BCUT2D eigenvalue weighted by Gasteiger charge is 2.08. The first-order chi connectivity index (χ1) is 5.79. The molecule has 1 atom stereocenters. The molecule has 0 fully saturated rings. The van der Waals surface area contributed by atoms with E-state index >= 15 is 0 Å². The Morgan fingerprint density at radius 3 is 3.00 bits per heavy atom. The molecule has 4 nitrogen and oxygen atoms in total. The molecule has 0 amide bonds. The largest absolute Gasteiger partial charge is 0.312 e. The van der Waals surface area contributed by atoms with Gasteiger partial charge < -0.3 is 4.57 Å².